The van der Waals surface area contributed by atoms with Gasteiger partial charge in [0, 0.05) is 12.2 Å². The smallest absolute Gasteiger partial charge is 0.256 e. The van der Waals surface area contributed by atoms with Crippen molar-refractivity contribution in [2.45, 2.75) is 38.5 Å². The molecule has 1 aromatic heterocycles. The summed E-state index contributed by atoms with van der Waals surface area (Å²) in [5, 5.41) is 3.04. The molecule has 1 fully saturated rings. The molecule has 1 N–H and O–H groups in total. The van der Waals surface area contributed by atoms with Crippen molar-refractivity contribution >= 4 is 18.3 Å². The normalized spacial score (nSPS) is 21.2. The minimum atomic E-state index is -1.03. The summed E-state index contributed by atoms with van der Waals surface area (Å²) in [6, 6.07) is 9.47. The molecule has 1 amide bonds. The maximum Gasteiger partial charge on any atom is 0.256 e. The first kappa shape index (κ1) is 20.6. The maximum absolute atomic E-state index is 14.3. The Hall–Kier alpha value is -2.18. The number of methoxy groups -OCH3 is 1. The van der Waals surface area contributed by atoms with Gasteiger partial charge in [0.25, 0.3) is 5.91 Å². The van der Waals surface area contributed by atoms with Crippen molar-refractivity contribution < 1.29 is 13.9 Å². The Balaban J connectivity index is 0.00000225. The van der Waals surface area contributed by atoms with Crippen LogP contribution in [-0.4, -0.2) is 48.2 Å². The number of alkyl halides is 1. The van der Waals surface area contributed by atoms with Crippen molar-refractivity contribution in [3.63, 3.8) is 0 Å². The number of aryl methyl sites for hydroxylation is 1. The van der Waals surface area contributed by atoms with Gasteiger partial charge in [-0.15, -0.1) is 12.4 Å². The summed E-state index contributed by atoms with van der Waals surface area (Å²) in [6.45, 7) is 3.41. The Morgan fingerprint density at radius 1 is 1.32 bits per heavy atom. The van der Waals surface area contributed by atoms with Gasteiger partial charge in [-0.1, -0.05) is 12.1 Å². The summed E-state index contributed by atoms with van der Waals surface area (Å²) in [4.78, 5) is 19.3. The highest BCUT2D eigenvalue weighted by Crippen LogP contribution is 2.29. The van der Waals surface area contributed by atoms with E-state index in [0.29, 0.717) is 31.5 Å². The van der Waals surface area contributed by atoms with Gasteiger partial charge in [0.2, 0.25) is 0 Å². The van der Waals surface area contributed by atoms with E-state index >= 15 is 0 Å². The van der Waals surface area contributed by atoms with Crippen molar-refractivity contribution in [1.29, 1.82) is 0 Å². The molecule has 1 saturated heterocycles. The summed E-state index contributed by atoms with van der Waals surface area (Å²) in [5.41, 5.74) is 4.46. The first-order chi connectivity index (χ1) is 13.1. The van der Waals surface area contributed by atoms with Crippen LogP contribution in [-0.2, 0) is 13.0 Å². The summed E-state index contributed by atoms with van der Waals surface area (Å²) < 4.78 is 19.5. The molecular weight excluding hydrogens is 381 g/mol. The van der Waals surface area contributed by atoms with E-state index in [-0.39, 0.29) is 24.4 Å². The third-order valence-electron chi connectivity index (χ3n) is 5.54. The molecule has 2 aliphatic rings. The van der Waals surface area contributed by atoms with Gasteiger partial charge in [0.05, 0.1) is 31.0 Å². The summed E-state index contributed by atoms with van der Waals surface area (Å²) >= 11 is 0. The molecule has 2 unspecified atom stereocenters. The molecule has 0 radical (unpaired) electrons. The standard InChI is InChI=1S/C21H24FN3O2.ClH/c1-13-15(9-14-3-5-16(27-2)6-4-14)10-17-19(24-13)12-25(21(17)26)20-7-8-23-11-18(20)22;/h3-6,10,18,20,23H,7-9,11-12H2,1-2H3;1H. The van der Waals surface area contributed by atoms with Crippen molar-refractivity contribution in [1.82, 2.24) is 15.2 Å². The number of nitrogens with zero attached hydrogens (tertiary/aromatic N) is 2. The van der Waals surface area contributed by atoms with Gasteiger partial charge in [-0.2, -0.15) is 0 Å². The summed E-state index contributed by atoms with van der Waals surface area (Å²) in [7, 11) is 1.64. The van der Waals surface area contributed by atoms with Crippen LogP contribution in [0.1, 0.15) is 39.3 Å². The lowest BCUT2D eigenvalue weighted by molar-refractivity contribution is 0.0512. The minimum absolute atomic E-state index is 0. The van der Waals surface area contributed by atoms with Crippen LogP contribution in [0, 0.1) is 6.92 Å². The Bertz CT molecular complexity index is 859. The van der Waals surface area contributed by atoms with Crippen LogP contribution >= 0.6 is 12.4 Å². The van der Waals surface area contributed by atoms with E-state index in [1.807, 2.05) is 37.3 Å². The number of hydrogen-bond acceptors (Lipinski definition) is 4. The van der Waals surface area contributed by atoms with Gasteiger partial charge in [-0.25, -0.2) is 4.39 Å². The number of halogens is 2. The third kappa shape index (κ3) is 3.84. The number of nitrogens with one attached hydrogen (secondary N) is 1. The largest absolute Gasteiger partial charge is 0.497 e. The van der Waals surface area contributed by atoms with E-state index in [1.54, 1.807) is 12.0 Å². The van der Waals surface area contributed by atoms with Gasteiger partial charge in [0.15, 0.2) is 0 Å². The fraction of sp³-hybridized carbons (Fsp3) is 0.429. The van der Waals surface area contributed by atoms with E-state index < -0.39 is 6.17 Å². The van der Waals surface area contributed by atoms with Gasteiger partial charge in [0.1, 0.15) is 11.9 Å². The number of carbonyl (C=O) groups is 1. The molecule has 0 saturated carbocycles. The van der Waals surface area contributed by atoms with Crippen LogP contribution in [0.3, 0.4) is 0 Å². The Morgan fingerprint density at radius 3 is 2.75 bits per heavy atom. The van der Waals surface area contributed by atoms with Crippen LogP contribution < -0.4 is 10.1 Å². The number of rotatable bonds is 4. The number of amides is 1. The lowest BCUT2D eigenvalue weighted by Gasteiger charge is -2.33. The maximum atomic E-state index is 14.3. The highest BCUT2D eigenvalue weighted by Gasteiger charge is 2.39. The number of piperidine rings is 1. The number of hydrogen-bond donors (Lipinski definition) is 1. The molecule has 3 heterocycles. The van der Waals surface area contributed by atoms with E-state index in [1.165, 1.54) is 0 Å². The highest BCUT2D eigenvalue weighted by molar-refractivity contribution is 5.98. The average molecular weight is 406 g/mol. The molecule has 0 spiro atoms. The average Bonchev–Trinajstić information content (AvgIpc) is 2.98. The Morgan fingerprint density at radius 2 is 2.07 bits per heavy atom. The number of fused-ring (bicyclic) bond motifs is 1. The number of pyridine rings is 1. The van der Waals surface area contributed by atoms with Crippen molar-refractivity contribution in [2.75, 3.05) is 20.2 Å². The molecule has 0 aliphatic carbocycles. The minimum Gasteiger partial charge on any atom is -0.497 e. The highest BCUT2D eigenvalue weighted by atomic mass is 35.5. The molecule has 7 heteroatoms. The molecule has 150 valence electrons. The predicted octanol–water partition coefficient (Wildman–Crippen LogP) is 3.07. The molecule has 2 aromatic rings. The number of carbonyl (C=O) groups excluding carboxylic acids is 1. The fourth-order valence-electron chi connectivity index (χ4n) is 3.96. The first-order valence-electron chi connectivity index (χ1n) is 9.35. The van der Waals surface area contributed by atoms with Crippen LogP contribution in [0.4, 0.5) is 4.39 Å². The van der Waals surface area contributed by atoms with Crippen LogP contribution in [0.15, 0.2) is 30.3 Å². The number of benzene rings is 1. The second kappa shape index (κ2) is 8.45. The molecule has 0 bridgehead atoms. The monoisotopic (exact) mass is 405 g/mol. The SMILES string of the molecule is COc1ccc(Cc2cc3c(nc2C)CN(C2CCNCC2F)C3=O)cc1.Cl. The van der Waals surface area contributed by atoms with Gasteiger partial charge in [-0.05, 0) is 55.6 Å². The van der Waals surface area contributed by atoms with Crippen LogP contribution in [0.5, 0.6) is 5.75 Å². The summed E-state index contributed by atoms with van der Waals surface area (Å²) in [6.07, 6.45) is 0.304. The lowest BCUT2D eigenvalue weighted by atomic mass is 10.0. The molecule has 2 atom stereocenters. The predicted molar refractivity (Wildman–Crippen MR) is 108 cm³/mol. The summed E-state index contributed by atoms with van der Waals surface area (Å²) in [5.74, 6) is 0.721. The Labute approximate surface area is 170 Å². The third-order valence-corrected chi connectivity index (χ3v) is 5.54. The van der Waals surface area contributed by atoms with Crippen molar-refractivity contribution in [2.24, 2.45) is 0 Å². The molecular formula is C21H25ClFN3O2. The molecule has 1 aromatic carbocycles. The van der Waals surface area contributed by atoms with E-state index in [2.05, 4.69) is 10.3 Å². The van der Waals surface area contributed by atoms with Crippen LogP contribution in [0.25, 0.3) is 0 Å². The first-order valence-corrected chi connectivity index (χ1v) is 9.35. The number of aromatic nitrogens is 1. The van der Waals surface area contributed by atoms with E-state index in [9.17, 15) is 9.18 Å². The van der Waals surface area contributed by atoms with Crippen molar-refractivity contribution in [3.8, 4) is 5.75 Å². The number of ether oxygens (including phenoxy) is 1. The zero-order chi connectivity index (χ0) is 19.0. The molecule has 4 rings (SSSR count). The topological polar surface area (TPSA) is 54.5 Å². The van der Waals surface area contributed by atoms with Gasteiger partial charge < -0.3 is 15.0 Å². The lowest BCUT2D eigenvalue weighted by Crippen LogP contribution is -2.51. The van der Waals surface area contributed by atoms with E-state index in [0.717, 1.165) is 34.8 Å². The zero-order valence-electron chi connectivity index (χ0n) is 16.1. The van der Waals surface area contributed by atoms with Gasteiger partial charge in [-0.3, -0.25) is 9.78 Å². The fourth-order valence-corrected chi connectivity index (χ4v) is 3.96. The van der Waals surface area contributed by atoms with Crippen LogP contribution in [0.2, 0.25) is 0 Å². The van der Waals surface area contributed by atoms with Crippen molar-refractivity contribution in [3.05, 3.63) is 58.4 Å². The Kier molecular flexibility index (Phi) is 6.20. The second-order valence-electron chi connectivity index (χ2n) is 7.26. The quantitative estimate of drug-likeness (QED) is 0.849. The molecule has 28 heavy (non-hydrogen) atoms. The molecule has 5 nitrogen and oxygen atoms in total. The molecule has 2 aliphatic heterocycles. The van der Waals surface area contributed by atoms with E-state index in [4.69, 9.17) is 4.74 Å². The zero-order valence-corrected chi connectivity index (χ0v) is 16.9. The van der Waals surface area contributed by atoms with Gasteiger partial charge >= 0.3 is 0 Å². The second-order valence-corrected chi connectivity index (χ2v) is 7.26.